The molecule has 0 aromatic heterocycles. The van der Waals surface area contributed by atoms with Crippen LogP contribution in [-0.4, -0.2) is 25.0 Å². The lowest BCUT2D eigenvalue weighted by atomic mass is 10.0. The van der Waals surface area contributed by atoms with E-state index in [1.165, 1.54) is 77.3 Å². The standard InChI is InChI=1S/C19H41N/c1-18(2)14-10-6-8-12-16-20(5)17-13-9-7-11-15-19(3)4/h18-19H,6-17H2,1-5H3. The van der Waals surface area contributed by atoms with Gasteiger partial charge < -0.3 is 4.90 Å². The van der Waals surface area contributed by atoms with Crippen molar-refractivity contribution in [2.45, 2.75) is 91.9 Å². The smallest absolute Gasteiger partial charge is 0.00218 e. The lowest BCUT2D eigenvalue weighted by molar-refractivity contribution is 0.313. The van der Waals surface area contributed by atoms with Crippen molar-refractivity contribution >= 4 is 0 Å². The first-order valence-electron chi connectivity index (χ1n) is 9.21. The molecule has 0 aliphatic rings. The van der Waals surface area contributed by atoms with Gasteiger partial charge in [-0.1, -0.05) is 79.1 Å². The van der Waals surface area contributed by atoms with Gasteiger partial charge in [0, 0.05) is 0 Å². The average molecular weight is 284 g/mol. The van der Waals surface area contributed by atoms with Gasteiger partial charge in [0.15, 0.2) is 0 Å². The van der Waals surface area contributed by atoms with Gasteiger partial charge in [0.05, 0.1) is 0 Å². The van der Waals surface area contributed by atoms with E-state index in [1.54, 1.807) is 0 Å². The lowest BCUT2D eigenvalue weighted by Crippen LogP contribution is -2.20. The molecule has 0 radical (unpaired) electrons. The van der Waals surface area contributed by atoms with Gasteiger partial charge >= 0.3 is 0 Å². The van der Waals surface area contributed by atoms with Crippen molar-refractivity contribution in [1.82, 2.24) is 4.90 Å². The minimum absolute atomic E-state index is 0.883. The van der Waals surface area contributed by atoms with Crippen LogP contribution in [0.2, 0.25) is 0 Å². The number of unbranched alkanes of at least 4 members (excludes halogenated alkanes) is 6. The maximum atomic E-state index is 2.53. The van der Waals surface area contributed by atoms with Crippen LogP contribution in [0, 0.1) is 11.8 Å². The van der Waals surface area contributed by atoms with Crippen LogP contribution in [0.15, 0.2) is 0 Å². The molecule has 0 aliphatic carbocycles. The first-order chi connectivity index (χ1) is 9.52. The van der Waals surface area contributed by atoms with Gasteiger partial charge in [0.1, 0.15) is 0 Å². The van der Waals surface area contributed by atoms with Crippen molar-refractivity contribution < 1.29 is 0 Å². The van der Waals surface area contributed by atoms with Gasteiger partial charge in [-0.25, -0.2) is 0 Å². The molecule has 1 heteroatoms. The van der Waals surface area contributed by atoms with Crippen LogP contribution in [0.1, 0.15) is 91.9 Å². The Morgan fingerprint density at radius 1 is 0.550 bits per heavy atom. The first kappa shape index (κ1) is 20.0. The Bertz CT molecular complexity index is 166. The van der Waals surface area contributed by atoms with Gasteiger partial charge in [0.25, 0.3) is 0 Å². The van der Waals surface area contributed by atoms with Crippen LogP contribution in [0.25, 0.3) is 0 Å². The SMILES string of the molecule is CC(C)CCCCCCN(C)CCCCCCC(C)C. The second kappa shape index (κ2) is 13.9. The molecule has 1 nitrogen and oxygen atoms in total. The van der Waals surface area contributed by atoms with Crippen molar-refractivity contribution in [3.8, 4) is 0 Å². The van der Waals surface area contributed by atoms with Gasteiger partial charge in [-0.05, 0) is 44.8 Å². The molecule has 0 N–H and O–H groups in total. The summed E-state index contributed by atoms with van der Waals surface area (Å²) in [6.45, 7) is 11.9. The van der Waals surface area contributed by atoms with Crippen molar-refractivity contribution in [3.63, 3.8) is 0 Å². The molecule has 0 aliphatic heterocycles. The van der Waals surface area contributed by atoms with Crippen molar-refractivity contribution in [2.75, 3.05) is 20.1 Å². The number of rotatable bonds is 14. The van der Waals surface area contributed by atoms with Crippen LogP contribution < -0.4 is 0 Å². The van der Waals surface area contributed by atoms with E-state index < -0.39 is 0 Å². The Hall–Kier alpha value is -0.0400. The fraction of sp³-hybridized carbons (Fsp3) is 1.00. The topological polar surface area (TPSA) is 3.24 Å². The summed E-state index contributed by atoms with van der Waals surface area (Å²) >= 11 is 0. The molecule has 0 unspecified atom stereocenters. The largest absolute Gasteiger partial charge is 0.306 e. The Labute approximate surface area is 129 Å². The Balaban J connectivity index is 3.18. The molecule has 0 spiro atoms. The molecule has 0 heterocycles. The predicted octanol–water partition coefficient (Wildman–Crippen LogP) is 6.13. The van der Waals surface area contributed by atoms with E-state index in [9.17, 15) is 0 Å². The Morgan fingerprint density at radius 3 is 1.25 bits per heavy atom. The molecule has 0 saturated carbocycles. The monoisotopic (exact) mass is 283 g/mol. The molecule has 0 aromatic carbocycles. The van der Waals surface area contributed by atoms with Crippen molar-refractivity contribution in [1.29, 1.82) is 0 Å². The van der Waals surface area contributed by atoms with Crippen LogP contribution >= 0.6 is 0 Å². The third-order valence-electron chi connectivity index (χ3n) is 4.14. The highest BCUT2D eigenvalue weighted by atomic mass is 15.1. The average Bonchev–Trinajstić information content (AvgIpc) is 2.37. The van der Waals surface area contributed by atoms with Crippen LogP contribution in [0.4, 0.5) is 0 Å². The van der Waals surface area contributed by atoms with Crippen LogP contribution in [-0.2, 0) is 0 Å². The molecule has 0 bridgehead atoms. The van der Waals surface area contributed by atoms with Gasteiger partial charge in [0.2, 0.25) is 0 Å². The quantitative estimate of drug-likeness (QED) is 0.346. The summed E-state index contributed by atoms with van der Waals surface area (Å²) in [4.78, 5) is 2.53. The van der Waals surface area contributed by atoms with Crippen molar-refractivity contribution in [2.24, 2.45) is 11.8 Å². The highest BCUT2D eigenvalue weighted by Crippen LogP contribution is 2.11. The maximum Gasteiger partial charge on any atom is -0.00218 e. The lowest BCUT2D eigenvalue weighted by Gasteiger charge is -2.16. The van der Waals surface area contributed by atoms with E-state index in [0.717, 1.165) is 11.8 Å². The van der Waals surface area contributed by atoms with E-state index in [1.807, 2.05) is 0 Å². The number of nitrogens with zero attached hydrogens (tertiary/aromatic N) is 1. The van der Waals surface area contributed by atoms with E-state index >= 15 is 0 Å². The molecule has 122 valence electrons. The maximum absolute atomic E-state index is 2.53. The normalized spacial score (nSPS) is 12.0. The fourth-order valence-corrected chi connectivity index (χ4v) is 2.69. The Morgan fingerprint density at radius 2 is 0.900 bits per heavy atom. The predicted molar refractivity (Wildman–Crippen MR) is 93.3 cm³/mol. The molecule has 0 rings (SSSR count). The number of hydrogen-bond donors (Lipinski definition) is 0. The van der Waals surface area contributed by atoms with E-state index in [-0.39, 0.29) is 0 Å². The molecular formula is C19H41N. The first-order valence-corrected chi connectivity index (χ1v) is 9.21. The molecule has 0 aromatic rings. The third kappa shape index (κ3) is 16.0. The van der Waals surface area contributed by atoms with Gasteiger partial charge in [-0.15, -0.1) is 0 Å². The molecule has 0 fully saturated rings. The minimum Gasteiger partial charge on any atom is -0.306 e. The summed E-state index contributed by atoms with van der Waals surface area (Å²) in [5.41, 5.74) is 0. The molecular weight excluding hydrogens is 242 g/mol. The molecule has 0 amide bonds. The number of hydrogen-bond acceptors (Lipinski definition) is 1. The fourth-order valence-electron chi connectivity index (χ4n) is 2.69. The molecule has 20 heavy (non-hydrogen) atoms. The summed E-state index contributed by atoms with van der Waals surface area (Å²) in [5, 5.41) is 0. The second-order valence-electron chi connectivity index (χ2n) is 7.50. The third-order valence-corrected chi connectivity index (χ3v) is 4.14. The Kier molecular flexibility index (Phi) is 13.9. The summed E-state index contributed by atoms with van der Waals surface area (Å²) in [7, 11) is 2.29. The molecule has 0 saturated heterocycles. The zero-order chi connectivity index (χ0) is 15.2. The van der Waals surface area contributed by atoms with Crippen molar-refractivity contribution in [3.05, 3.63) is 0 Å². The highest BCUT2D eigenvalue weighted by molar-refractivity contribution is 4.55. The second-order valence-corrected chi connectivity index (χ2v) is 7.50. The zero-order valence-electron chi connectivity index (χ0n) is 15.1. The minimum atomic E-state index is 0.883. The summed E-state index contributed by atoms with van der Waals surface area (Å²) in [6, 6.07) is 0. The zero-order valence-corrected chi connectivity index (χ0v) is 15.1. The molecule has 0 atom stereocenters. The summed E-state index contributed by atoms with van der Waals surface area (Å²) in [5.74, 6) is 1.77. The summed E-state index contributed by atoms with van der Waals surface area (Å²) < 4.78 is 0. The van der Waals surface area contributed by atoms with Crippen LogP contribution in [0.5, 0.6) is 0 Å². The highest BCUT2D eigenvalue weighted by Gasteiger charge is 2.00. The van der Waals surface area contributed by atoms with E-state index in [4.69, 9.17) is 0 Å². The van der Waals surface area contributed by atoms with Gasteiger partial charge in [-0.2, -0.15) is 0 Å². The van der Waals surface area contributed by atoms with Gasteiger partial charge in [-0.3, -0.25) is 0 Å². The summed E-state index contributed by atoms with van der Waals surface area (Å²) in [6.07, 6.45) is 14.2. The van der Waals surface area contributed by atoms with E-state index in [2.05, 4.69) is 39.6 Å². The van der Waals surface area contributed by atoms with E-state index in [0.29, 0.717) is 0 Å². The van der Waals surface area contributed by atoms with Crippen LogP contribution in [0.3, 0.4) is 0 Å².